The standard InChI is InChI=1S/C18H36N8O6/c1-10(17(31)32)24-15(29)12(6-2-3-7-19)25-16(30)13(9-27)26-14(28)11(20)5-4-8-23-18(21)22/h10-13,27H,2-9,19-20H2,1H3,(H,24,29)(H,25,30)(H,26,28)(H,31,32)(H4,21,22,23). The van der Waals surface area contributed by atoms with Crippen LogP contribution in [-0.4, -0.2) is 83.7 Å². The number of carboxylic acid groups (broad SMARTS) is 1. The molecule has 0 spiro atoms. The highest BCUT2D eigenvalue weighted by atomic mass is 16.4. The summed E-state index contributed by atoms with van der Waals surface area (Å²) in [6.07, 6.45) is 1.93. The summed E-state index contributed by atoms with van der Waals surface area (Å²) in [5.74, 6) is -3.51. The van der Waals surface area contributed by atoms with E-state index in [1.807, 2.05) is 0 Å². The van der Waals surface area contributed by atoms with Crippen LogP contribution in [0.4, 0.5) is 0 Å². The molecule has 0 aromatic heterocycles. The van der Waals surface area contributed by atoms with Gasteiger partial charge in [0.25, 0.3) is 0 Å². The van der Waals surface area contributed by atoms with Crippen LogP contribution in [0, 0.1) is 0 Å². The lowest BCUT2D eigenvalue weighted by Gasteiger charge is -2.23. The molecule has 14 heteroatoms. The lowest BCUT2D eigenvalue weighted by atomic mass is 10.1. The molecule has 3 amide bonds. The number of unbranched alkanes of at least 4 members (excludes halogenated alkanes) is 1. The Hall–Kier alpha value is -2.97. The van der Waals surface area contributed by atoms with Crippen molar-refractivity contribution in [2.45, 2.75) is 63.2 Å². The van der Waals surface area contributed by atoms with Gasteiger partial charge in [0.15, 0.2) is 5.96 Å². The van der Waals surface area contributed by atoms with E-state index in [0.29, 0.717) is 25.8 Å². The van der Waals surface area contributed by atoms with E-state index in [-0.39, 0.29) is 25.3 Å². The van der Waals surface area contributed by atoms with E-state index in [1.165, 1.54) is 6.92 Å². The van der Waals surface area contributed by atoms with Gasteiger partial charge in [-0.3, -0.25) is 24.2 Å². The minimum Gasteiger partial charge on any atom is -0.480 e. The van der Waals surface area contributed by atoms with E-state index in [9.17, 15) is 24.3 Å². The Labute approximate surface area is 186 Å². The van der Waals surface area contributed by atoms with Crippen LogP contribution in [0.15, 0.2) is 4.99 Å². The Kier molecular flexibility index (Phi) is 14.3. The first kappa shape index (κ1) is 29.0. The fraction of sp³-hybridized carbons (Fsp3) is 0.722. The fourth-order valence-corrected chi connectivity index (χ4v) is 2.53. The predicted octanol–water partition coefficient (Wildman–Crippen LogP) is -3.95. The van der Waals surface area contributed by atoms with Crippen molar-refractivity contribution >= 4 is 29.7 Å². The van der Waals surface area contributed by atoms with Crippen LogP contribution in [0.2, 0.25) is 0 Å². The molecule has 0 heterocycles. The number of aliphatic hydroxyl groups excluding tert-OH is 1. The molecular formula is C18H36N8O6. The first-order chi connectivity index (χ1) is 15.0. The first-order valence-corrected chi connectivity index (χ1v) is 10.3. The van der Waals surface area contributed by atoms with Gasteiger partial charge >= 0.3 is 5.97 Å². The predicted molar refractivity (Wildman–Crippen MR) is 117 cm³/mol. The SMILES string of the molecule is CC(NC(=O)C(CCCCN)NC(=O)C(CO)NC(=O)C(N)CCCN=C(N)N)C(=O)O. The summed E-state index contributed by atoms with van der Waals surface area (Å²) >= 11 is 0. The number of rotatable bonds is 16. The second-order valence-electron chi connectivity index (χ2n) is 7.21. The molecule has 0 fully saturated rings. The zero-order valence-electron chi connectivity index (χ0n) is 18.3. The highest BCUT2D eigenvalue weighted by Gasteiger charge is 2.28. The van der Waals surface area contributed by atoms with Crippen molar-refractivity contribution in [3.8, 4) is 0 Å². The quantitative estimate of drug-likeness (QED) is 0.0612. The number of amides is 3. The maximum absolute atomic E-state index is 12.5. The molecule has 0 rings (SSSR count). The molecule has 0 saturated heterocycles. The highest BCUT2D eigenvalue weighted by Crippen LogP contribution is 2.03. The van der Waals surface area contributed by atoms with Gasteiger partial charge < -0.3 is 49.1 Å². The number of nitrogens with zero attached hydrogens (tertiary/aromatic N) is 1. The lowest BCUT2D eigenvalue weighted by Crippen LogP contribution is -2.57. The number of hydrogen-bond donors (Lipinski definition) is 9. The van der Waals surface area contributed by atoms with Crippen LogP contribution in [0.1, 0.15) is 39.0 Å². The summed E-state index contributed by atoms with van der Waals surface area (Å²) < 4.78 is 0. The summed E-state index contributed by atoms with van der Waals surface area (Å²) in [5, 5.41) is 25.5. The topological polar surface area (TPSA) is 261 Å². The second-order valence-corrected chi connectivity index (χ2v) is 7.21. The van der Waals surface area contributed by atoms with Crippen molar-refractivity contribution in [3.63, 3.8) is 0 Å². The van der Waals surface area contributed by atoms with E-state index in [1.54, 1.807) is 0 Å². The fourth-order valence-electron chi connectivity index (χ4n) is 2.53. The van der Waals surface area contributed by atoms with E-state index in [0.717, 1.165) is 0 Å². The number of nitrogens with one attached hydrogen (secondary N) is 3. The van der Waals surface area contributed by atoms with Crippen LogP contribution in [0.3, 0.4) is 0 Å². The van der Waals surface area contributed by atoms with Gasteiger partial charge in [-0.05, 0) is 45.6 Å². The van der Waals surface area contributed by atoms with Gasteiger partial charge in [-0.2, -0.15) is 0 Å². The number of carbonyl (C=O) groups excluding carboxylic acids is 3. The lowest BCUT2D eigenvalue weighted by molar-refractivity contribution is -0.141. The van der Waals surface area contributed by atoms with E-state index in [4.69, 9.17) is 28.0 Å². The Morgan fingerprint density at radius 3 is 2.03 bits per heavy atom. The molecule has 14 nitrogen and oxygen atoms in total. The molecule has 0 bridgehead atoms. The summed E-state index contributed by atoms with van der Waals surface area (Å²) in [6.45, 7) is 1.21. The molecule has 13 N–H and O–H groups in total. The van der Waals surface area contributed by atoms with Crippen LogP contribution in [0.25, 0.3) is 0 Å². The third-order valence-electron chi connectivity index (χ3n) is 4.43. The number of carboxylic acids is 1. The van der Waals surface area contributed by atoms with Crippen molar-refractivity contribution in [1.82, 2.24) is 16.0 Å². The number of aliphatic carboxylic acids is 1. The Morgan fingerprint density at radius 1 is 0.906 bits per heavy atom. The maximum atomic E-state index is 12.5. The molecule has 4 unspecified atom stereocenters. The monoisotopic (exact) mass is 460 g/mol. The Balaban J connectivity index is 4.97. The van der Waals surface area contributed by atoms with Gasteiger partial charge in [0.2, 0.25) is 17.7 Å². The summed E-state index contributed by atoms with van der Waals surface area (Å²) in [7, 11) is 0. The van der Waals surface area contributed by atoms with Gasteiger partial charge in [0.05, 0.1) is 12.6 Å². The number of aliphatic hydroxyl groups is 1. The second kappa shape index (κ2) is 15.8. The summed E-state index contributed by atoms with van der Waals surface area (Å²) in [4.78, 5) is 51.9. The van der Waals surface area contributed by atoms with Crippen molar-refractivity contribution in [3.05, 3.63) is 0 Å². The zero-order chi connectivity index (χ0) is 24.7. The zero-order valence-corrected chi connectivity index (χ0v) is 18.3. The number of nitrogens with two attached hydrogens (primary N) is 4. The first-order valence-electron chi connectivity index (χ1n) is 10.3. The summed E-state index contributed by atoms with van der Waals surface area (Å²) in [6, 6.07) is -4.56. The van der Waals surface area contributed by atoms with Crippen molar-refractivity contribution in [1.29, 1.82) is 0 Å². The molecule has 184 valence electrons. The van der Waals surface area contributed by atoms with E-state index in [2.05, 4.69) is 20.9 Å². The van der Waals surface area contributed by atoms with Gasteiger partial charge in [-0.25, -0.2) is 0 Å². The maximum Gasteiger partial charge on any atom is 0.325 e. The molecule has 4 atom stereocenters. The van der Waals surface area contributed by atoms with E-state index >= 15 is 0 Å². The van der Waals surface area contributed by atoms with Crippen molar-refractivity contribution in [2.75, 3.05) is 19.7 Å². The third kappa shape index (κ3) is 12.0. The molecule has 0 aromatic carbocycles. The molecule has 32 heavy (non-hydrogen) atoms. The molecule has 0 aliphatic rings. The number of carbonyl (C=O) groups is 4. The van der Waals surface area contributed by atoms with Crippen molar-refractivity contribution in [2.24, 2.45) is 27.9 Å². The Bertz CT molecular complexity index is 655. The normalized spacial score (nSPS) is 14.4. The molecule has 0 aliphatic heterocycles. The van der Waals surface area contributed by atoms with Crippen LogP contribution in [0.5, 0.6) is 0 Å². The number of hydrogen-bond acceptors (Lipinski definition) is 8. The van der Waals surface area contributed by atoms with Crippen LogP contribution in [-0.2, 0) is 19.2 Å². The average molecular weight is 461 g/mol. The van der Waals surface area contributed by atoms with Crippen LogP contribution >= 0.6 is 0 Å². The number of guanidine groups is 1. The average Bonchev–Trinajstić information content (AvgIpc) is 2.73. The largest absolute Gasteiger partial charge is 0.480 e. The van der Waals surface area contributed by atoms with E-state index < -0.39 is 54.5 Å². The van der Waals surface area contributed by atoms with Gasteiger partial charge in [0, 0.05) is 6.54 Å². The van der Waals surface area contributed by atoms with Crippen LogP contribution < -0.4 is 38.9 Å². The number of aliphatic imine (C=N–C) groups is 1. The molecular weight excluding hydrogens is 424 g/mol. The smallest absolute Gasteiger partial charge is 0.325 e. The molecule has 0 aromatic rings. The molecule has 0 radical (unpaired) electrons. The minimum absolute atomic E-state index is 0.0807. The molecule has 0 saturated carbocycles. The molecule has 0 aliphatic carbocycles. The van der Waals surface area contributed by atoms with Gasteiger partial charge in [-0.1, -0.05) is 0 Å². The van der Waals surface area contributed by atoms with Crippen molar-refractivity contribution < 1.29 is 29.4 Å². The minimum atomic E-state index is -1.35. The third-order valence-corrected chi connectivity index (χ3v) is 4.43. The summed E-state index contributed by atoms with van der Waals surface area (Å²) in [5.41, 5.74) is 21.6. The van der Waals surface area contributed by atoms with Gasteiger partial charge in [0.1, 0.15) is 18.1 Å². The Morgan fingerprint density at radius 2 is 1.50 bits per heavy atom. The highest BCUT2D eigenvalue weighted by molar-refractivity contribution is 5.94. The van der Waals surface area contributed by atoms with Gasteiger partial charge in [-0.15, -0.1) is 0 Å².